The lowest BCUT2D eigenvalue weighted by atomic mass is 10.1. The summed E-state index contributed by atoms with van der Waals surface area (Å²) in [6.07, 6.45) is 1.82. The van der Waals surface area contributed by atoms with Crippen molar-refractivity contribution in [3.05, 3.63) is 53.5 Å². The quantitative estimate of drug-likeness (QED) is 0.776. The van der Waals surface area contributed by atoms with E-state index in [2.05, 4.69) is 27.6 Å². The highest BCUT2D eigenvalue weighted by atomic mass is 16.5. The number of anilines is 1. The van der Waals surface area contributed by atoms with Crippen molar-refractivity contribution in [3.8, 4) is 0 Å². The van der Waals surface area contributed by atoms with Gasteiger partial charge in [-0.2, -0.15) is 0 Å². The average Bonchev–Trinajstić information content (AvgIpc) is 2.76. The molecule has 4 heteroatoms. The molecule has 0 aliphatic rings. The summed E-state index contributed by atoms with van der Waals surface area (Å²) in [5.41, 5.74) is 2.01. The lowest BCUT2D eigenvalue weighted by Crippen LogP contribution is -2.03. The standard InChI is InChI=1S/C15H15N3O/c1-10-14(11(2)19-18-10)9-17-15-13-6-4-3-5-12(13)7-8-16-15/h3-8H,9H2,1-2H3,(H,16,17). The molecular weight excluding hydrogens is 238 g/mol. The molecule has 0 saturated heterocycles. The summed E-state index contributed by atoms with van der Waals surface area (Å²) in [5, 5.41) is 9.62. The number of fused-ring (bicyclic) bond motifs is 1. The van der Waals surface area contributed by atoms with Gasteiger partial charge in [-0.1, -0.05) is 29.4 Å². The maximum absolute atomic E-state index is 5.16. The minimum Gasteiger partial charge on any atom is -0.365 e. The van der Waals surface area contributed by atoms with Crippen molar-refractivity contribution in [2.45, 2.75) is 20.4 Å². The van der Waals surface area contributed by atoms with Crippen molar-refractivity contribution in [1.82, 2.24) is 10.1 Å². The van der Waals surface area contributed by atoms with E-state index in [4.69, 9.17) is 4.52 Å². The highest BCUT2D eigenvalue weighted by molar-refractivity contribution is 5.91. The lowest BCUT2D eigenvalue weighted by molar-refractivity contribution is 0.392. The van der Waals surface area contributed by atoms with Crippen molar-refractivity contribution in [3.63, 3.8) is 0 Å². The highest BCUT2D eigenvalue weighted by Crippen LogP contribution is 2.22. The number of nitrogens with zero attached hydrogens (tertiary/aromatic N) is 2. The molecule has 1 aromatic carbocycles. The molecule has 0 spiro atoms. The van der Waals surface area contributed by atoms with Crippen molar-refractivity contribution in [2.75, 3.05) is 5.32 Å². The third kappa shape index (κ3) is 2.17. The van der Waals surface area contributed by atoms with E-state index >= 15 is 0 Å². The Morgan fingerprint density at radius 1 is 1.16 bits per heavy atom. The van der Waals surface area contributed by atoms with Gasteiger partial charge in [0.05, 0.1) is 5.69 Å². The normalized spacial score (nSPS) is 10.8. The number of hydrogen-bond donors (Lipinski definition) is 1. The molecule has 19 heavy (non-hydrogen) atoms. The molecule has 0 radical (unpaired) electrons. The van der Waals surface area contributed by atoms with Crippen molar-refractivity contribution < 1.29 is 4.52 Å². The Bertz CT molecular complexity index is 693. The molecule has 2 heterocycles. The summed E-state index contributed by atoms with van der Waals surface area (Å²) in [6, 6.07) is 10.2. The molecule has 0 saturated carbocycles. The third-order valence-electron chi connectivity index (χ3n) is 3.29. The van der Waals surface area contributed by atoms with E-state index in [1.807, 2.05) is 38.2 Å². The van der Waals surface area contributed by atoms with E-state index in [0.717, 1.165) is 28.2 Å². The minimum absolute atomic E-state index is 0.669. The van der Waals surface area contributed by atoms with Gasteiger partial charge in [0.1, 0.15) is 11.6 Å². The van der Waals surface area contributed by atoms with E-state index in [0.29, 0.717) is 6.54 Å². The van der Waals surface area contributed by atoms with Crippen molar-refractivity contribution >= 4 is 16.6 Å². The molecule has 4 nitrogen and oxygen atoms in total. The first-order valence-electron chi connectivity index (χ1n) is 6.25. The van der Waals surface area contributed by atoms with Gasteiger partial charge in [-0.25, -0.2) is 4.98 Å². The molecule has 0 unspecified atom stereocenters. The van der Waals surface area contributed by atoms with E-state index in [9.17, 15) is 0 Å². The van der Waals surface area contributed by atoms with Gasteiger partial charge in [-0.05, 0) is 25.3 Å². The first kappa shape index (κ1) is 11.7. The molecule has 2 aromatic heterocycles. The summed E-state index contributed by atoms with van der Waals surface area (Å²) < 4.78 is 5.16. The van der Waals surface area contributed by atoms with Crippen LogP contribution < -0.4 is 5.32 Å². The van der Waals surface area contributed by atoms with Crippen LogP contribution in [0.2, 0.25) is 0 Å². The van der Waals surface area contributed by atoms with E-state index in [-0.39, 0.29) is 0 Å². The maximum Gasteiger partial charge on any atom is 0.138 e. The largest absolute Gasteiger partial charge is 0.365 e. The number of nitrogens with one attached hydrogen (secondary N) is 1. The summed E-state index contributed by atoms with van der Waals surface area (Å²) in [4.78, 5) is 4.40. The van der Waals surface area contributed by atoms with Gasteiger partial charge in [0.15, 0.2) is 0 Å². The average molecular weight is 253 g/mol. The third-order valence-corrected chi connectivity index (χ3v) is 3.29. The van der Waals surface area contributed by atoms with Crippen LogP contribution in [0.4, 0.5) is 5.82 Å². The zero-order chi connectivity index (χ0) is 13.2. The summed E-state index contributed by atoms with van der Waals surface area (Å²) in [7, 11) is 0. The molecule has 0 aliphatic heterocycles. The molecule has 0 amide bonds. The van der Waals surface area contributed by atoms with Gasteiger partial charge in [0.2, 0.25) is 0 Å². The van der Waals surface area contributed by atoms with Gasteiger partial charge in [-0.3, -0.25) is 0 Å². The lowest BCUT2D eigenvalue weighted by Gasteiger charge is -2.08. The molecule has 0 atom stereocenters. The fourth-order valence-corrected chi connectivity index (χ4v) is 2.19. The van der Waals surface area contributed by atoms with Crippen molar-refractivity contribution in [1.29, 1.82) is 0 Å². The van der Waals surface area contributed by atoms with Crippen molar-refractivity contribution in [2.24, 2.45) is 0 Å². The Morgan fingerprint density at radius 2 is 2.00 bits per heavy atom. The minimum atomic E-state index is 0.669. The first-order valence-corrected chi connectivity index (χ1v) is 6.25. The Kier molecular flexibility index (Phi) is 2.91. The second-order valence-electron chi connectivity index (χ2n) is 4.54. The van der Waals surface area contributed by atoms with E-state index in [1.165, 1.54) is 5.39 Å². The second kappa shape index (κ2) is 4.72. The highest BCUT2D eigenvalue weighted by Gasteiger charge is 2.09. The van der Waals surface area contributed by atoms with E-state index < -0.39 is 0 Å². The number of rotatable bonds is 3. The van der Waals surface area contributed by atoms with Crippen LogP contribution in [-0.4, -0.2) is 10.1 Å². The van der Waals surface area contributed by atoms with Crippen LogP contribution in [0.25, 0.3) is 10.8 Å². The van der Waals surface area contributed by atoms with Crippen LogP contribution in [0.5, 0.6) is 0 Å². The first-order chi connectivity index (χ1) is 9.25. The number of pyridine rings is 1. The smallest absolute Gasteiger partial charge is 0.138 e. The monoisotopic (exact) mass is 253 g/mol. The van der Waals surface area contributed by atoms with Gasteiger partial charge in [0.25, 0.3) is 0 Å². The molecule has 0 fully saturated rings. The molecule has 0 aliphatic carbocycles. The summed E-state index contributed by atoms with van der Waals surface area (Å²) in [5.74, 6) is 1.74. The number of aryl methyl sites for hydroxylation is 2. The Morgan fingerprint density at radius 3 is 2.79 bits per heavy atom. The van der Waals surface area contributed by atoms with Crippen LogP contribution in [-0.2, 0) is 6.54 Å². The fraction of sp³-hybridized carbons (Fsp3) is 0.200. The van der Waals surface area contributed by atoms with Crippen LogP contribution in [0.15, 0.2) is 41.1 Å². The maximum atomic E-state index is 5.16. The van der Waals surface area contributed by atoms with Crippen LogP contribution in [0.3, 0.4) is 0 Å². The van der Waals surface area contributed by atoms with Gasteiger partial charge in [-0.15, -0.1) is 0 Å². The van der Waals surface area contributed by atoms with Crippen LogP contribution >= 0.6 is 0 Å². The molecule has 3 aromatic rings. The van der Waals surface area contributed by atoms with Gasteiger partial charge in [0, 0.05) is 23.7 Å². The second-order valence-corrected chi connectivity index (χ2v) is 4.54. The Hall–Kier alpha value is -2.36. The molecule has 3 rings (SSSR count). The topological polar surface area (TPSA) is 51.0 Å². The summed E-state index contributed by atoms with van der Waals surface area (Å²) in [6.45, 7) is 4.54. The van der Waals surface area contributed by atoms with E-state index in [1.54, 1.807) is 0 Å². The van der Waals surface area contributed by atoms with Crippen LogP contribution in [0, 0.1) is 13.8 Å². The van der Waals surface area contributed by atoms with Gasteiger partial charge < -0.3 is 9.84 Å². The zero-order valence-corrected chi connectivity index (χ0v) is 11.0. The molecule has 0 bridgehead atoms. The number of hydrogen-bond acceptors (Lipinski definition) is 4. The Balaban J connectivity index is 1.90. The molecule has 1 N–H and O–H groups in total. The Labute approximate surface area is 111 Å². The number of aromatic nitrogens is 2. The fourth-order valence-electron chi connectivity index (χ4n) is 2.19. The number of benzene rings is 1. The zero-order valence-electron chi connectivity index (χ0n) is 11.0. The van der Waals surface area contributed by atoms with Gasteiger partial charge >= 0.3 is 0 Å². The molecular formula is C15H15N3O. The summed E-state index contributed by atoms with van der Waals surface area (Å²) >= 11 is 0. The predicted octanol–water partition coefficient (Wildman–Crippen LogP) is 3.45. The van der Waals surface area contributed by atoms with Crippen LogP contribution in [0.1, 0.15) is 17.0 Å². The molecule has 96 valence electrons. The SMILES string of the molecule is Cc1noc(C)c1CNc1nccc2ccccc12. The predicted molar refractivity (Wildman–Crippen MR) is 75.0 cm³/mol.